The normalized spacial score (nSPS) is 12.4. The van der Waals surface area contributed by atoms with Gasteiger partial charge < -0.3 is 14.2 Å². The molecule has 0 atom stereocenters. The summed E-state index contributed by atoms with van der Waals surface area (Å²) in [5.41, 5.74) is 0. The second-order valence-corrected chi connectivity index (χ2v) is 9.42. The smallest absolute Gasteiger partial charge is 0.150 e. The van der Waals surface area contributed by atoms with Crippen molar-refractivity contribution in [1.82, 2.24) is 0 Å². The van der Waals surface area contributed by atoms with Crippen LogP contribution in [0.2, 0.25) is 0 Å². The number of allylic oxidation sites excluding steroid dienone is 6. The van der Waals surface area contributed by atoms with E-state index in [1.165, 1.54) is 116 Å². The van der Waals surface area contributed by atoms with E-state index in [9.17, 15) is 0 Å². The van der Waals surface area contributed by atoms with Gasteiger partial charge in [-0.2, -0.15) is 0 Å². The third-order valence-electron chi connectivity index (χ3n) is 5.98. The lowest BCUT2D eigenvalue weighted by atomic mass is 10.1. The van der Waals surface area contributed by atoms with Crippen molar-refractivity contribution < 1.29 is 14.2 Å². The van der Waals surface area contributed by atoms with Crippen LogP contribution in [-0.4, -0.2) is 26.8 Å². The quantitative estimate of drug-likeness (QED) is 0.0620. The Bertz CT molecular complexity index is 449. The predicted octanol–water partition coefficient (Wildman–Crippen LogP) is 10.2. The molecule has 0 radical (unpaired) electrons. The SMILES string of the molecule is CCCCCCCCCCC=CC=CCOCOCOCC=CC=CCCCCCCCCCC. The van der Waals surface area contributed by atoms with Gasteiger partial charge in [0.25, 0.3) is 0 Å². The molecule has 35 heavy (non-hydrogen) atoms. The molecule has 0 saturated heterocycles. The van der Waals surface area contributed by atoms with Crippen LogP contribution in [0.1, 0.15) is 129 Å². The lowest BCUT2D eigenvalue weighted by molar-refractivity contribution is -0.121. The summed E-state index contributed by atoms with van der Waals surface area (Å²) in [4.78, 5) is 0. The first-order valence-electron chi connectivity index (χ1n) is 14.8. The largest absolute Gasteiger partial charge is 0.351 e. The summed E-state index contributed by atoms with van der Waals surface area (Å²) in [5.74, 6) is 0. The maximum Gasteiger partial charge on any atom is 0.150 e. The van der Waals surface area contributed by atoms with Gasteiger partial charge in [-0.1, -0.05) is 152 Å². The Hall–Kier alpha value is -1.16. The van der Waals surface area contributed by atoms with Crippen molar-refractivity contribution in [1.29, 1.82) is 0 Å². The molecule has 0 aliphatic carbocycles. The average molecular weight is 491 g/mol. The zero-order valence-electron chi connectivity index (χ0n) is 23.4. The molecule has 0 unspecified atom stereocenters. The third-order valence-corrected chi connectivity index (χ3v) is 5.98. The van der Waals surface area contributed by atoms with Crippen molar-refractivity contribution in [2.24, 2.45) is 0 Å². The first kappa shape index (κ1) is 33.8. The van der Waals surface area contributed by atoms with Crippen LogP contribution < -0.4 is 0 Å². The van der Waals surface area contributed by atoms with Gasteiger partial charge in [0.05, 0.1) is 13.2 Å². The van der Waals surface area contributed by atoms with Crippen LogP contribution in [0, 0.1) is 0 Å². The summed E-state index contributed by atoms with van der Waals surface area (Å²) >= 11 is 0. The molecule has 0 aromatic carbocycles. The van der Waals surface area contributed by atoms with E-state index >= 15 is 0 Å². The summed E-state index contributed by atoms with van der Waals surface area (Å²) in [6.07, 6.45) is 41.2. The van der Waals surface area contributed by atoms with Crippen LogP contribution in [-0.2, 0) is 14.2 Å². The highest BCUT2D eigenvalue weighted by Gasteiger charge is 1.91. The van der Waals surface area contributed by atoms with E-state index in [1.54, 1.807) is 0 Å². The maximum atomic E-state index is 5.41. The molecule has 0 fully saturated rings. The Morgan fingerprint density at radius 3 is 1.11 bits per heavy atom. The van der Waals surface area contributed by atoms with Gasteiger partial charge in [0, 0.05) is 0 Å². The molecular weight excluding hydrogens is 432 g/mol. The number of hydrogen-bond acceptors (Lipinski definition) is 3. The van der Waals surface area contributed by atoms with Crippen molar-refractivity contribution in [2.45, 2.75) is 129 Å². The minimum absolute atomic E-state index is 0.258. The van der Waals surface area contributed by atoms with Crippen molar-refractivity contribution in [3.63, 3.8) is 0 Å². The highest BCUT2D eigenvalue weighted by Crippen LogP contribution is 2.10. The zero-order valence-corrected chi connectivity index (χ0v) is 23.4. The highest BCUT2D eigenvalue weighted by molar-refractivity contribution is 5.02. The molecule has 0 aromatic heterocycles. The number of ether oxygens (including phenoxy) is 3. The summed E-state index contributed by atoms with van der Waals surface area (Å²) in [6.45, 7) is 6.18. The van der Waals surface area contributed by atoms with Crippen LogP contribution in [0.25, 0.3) is 0 Å². The van der Waals surface area contributed by atoms with E-state index in [1.807, 2.05) is 24.3 Å². The van der Waals surface area contributed by atoms with E-state index in [-0.39, 0.29) is 13.6 Å². The van der Waals surface area contributed by atoms with Crippen molar-refractivity contribution in [3.05, 3.63) is 48.6 Å². The van der Waals surface area contributed by atoms with E-state index in [0.717, 1.165) is 0 Å². The average Bonchev–Trinajstić information content (AvgIpc) is 2.87. The standard InChI is InChI=1S/C32H58O3/c1-3-5-7-9-11-13-15-17-19-21-23-25-27-29-33-31-35-32-34-30-28-26-24-22-20-18-16-14-12-10-8-6-4-2/h21-28H,3-20,29-32H2,1-2H3. The molecule has 0 N–H and O–H groups in total. The minimum atomic E-state index is 0.258. The number of unbranched alkanes of at least 4 members (excludes halogenated alkanes) is 16. The Kier molecular flexibility index (Phi) is 31.8. The molecule has 204 valence electrons. The van der Waals surface area contributed by atoms with Gasteiger partial charge in [0.1, 0.15) is 13.6 Å². The summed E-state index contributed by atoms with van der Waals surface area (Å²) in [7, 11) is 0. The van der Waals surface area contributed by atoms with E-state index in [0.29, 0.717) is 13.2 Å². The maximum absolute atomic E-state index is 5.41. The molecule has 0 bridgehead atoms. The summed E-state index contributed by atoms with van der Waals surface area (Å²) in [6, 6.07) is 0. The Morgan fingerprint density at radius 2 is 0.714 bits per heavy atom. The van der Waals surface area contributed by atoms with Gasteiger partial charge in [-0.3, -0.25) is 0 Å². The molecule has 0 aromatic rings. The molecular formula is C32H58O3. The third kappa shape index (κ3) is 32.8. The predicted molar refractivity (Wildman–Crippen MR) is 154 cm³/mol. The molecule has 3 heteroatoms. The Balaban J connectivity index is 3.26. The lowest BCUT2D eigenvalue weighted by Gasteiger charge is -2.03. The molecule has 0 amide bonds. The second-order valence-electron chi connectivity index (χ2n) is 9.42. The van der Waals surface area contributed by atoms with E-state index < -0.39 is 0 Å². The van der Waals surface area contributed by atoms with Crippen LogP contribution in [0.3, 0.4) is 0 Å². The topological polar surface area (TPSA) is 27.7 Å². The number of hydrogen-bond donors (Lipinski definition) is 0. The van der Waals surface area contributed by atoms with Crippen LogP contribution in [0.4, 0.5) is 0 Å². The molecule has 3 nitrogen and oxygen atoms in total. The molecule has 0 aliphatic rings. The van der Waals surface area contributed by atoms with Crippen LogP contribution >= 0.6 is 0 Å². The lowest BCUT2D eigenvalue weighted by Crippen LogP contribution is -2.04. The van der Waals surface area contributed by atoms with Crippen molar-refractivity contribution in [2.75, 3.05) is 26.8 Å². The van der Waals surface area contributed by atoms with E-state index in [2.05, 4.69) is 38.2 Å². The first-order valence-corrected chi connectivity index (χ1v) is 14.8. The summed E-state index contributed by atoms with van der Waals surface area (Å²) < 4.78 is 16.1. The second kappa shape index (κ2) is 32.8. The molecule has 0 aliphatic heterocycles. The van der Waals surface area contributed by atoms with Crippen molar-refractivity contribution in [3.8, 4) is 0 Å². The molecule has 0 heterocycles. The Morgan fingerprint density at radius 1 is 0.371 bits per heavy atom. The fourth-order valence-corrected chi connectivity index (χ4v) is 3.79. The fourth-order valence-electron chi connectivity index (χ4n) is 3.79. The number of rotatable bonds is 28. The molecule has 0 rings (SSSR count). The van der Waals surface area contributed by atoms with Gasteiger partial charge >= 0.3 is 0 Å². The molecule has 0 spiro atoms. The van der Waals surface area contributed by atoms with Crippen molar-refractivity contribution >= 4 is 0 Å². The van der Waals surface area contributed by atoms with Gasteiger partial charge in [-0.25, -0.2) is 0 Å². The first-order chi connectivity index (χ1) is 17.4. The van der Waals surface area contributed by atoms with E-state index in [4.69, 9.17) is 14.2 Å². The molecule has 0 saturated carbocycles. The van der Waals surface area contributed by atoms with Crippen LogP contribution in [0.15, 0.2) is 48.6 Å². The van der Waals surface area contributed by atoms with Crippen LogP contribution in [0.5, 0.6) is 0 Å². The monoisotopic (exact) mass is 490 g/mol. The fraction of sp³-hybridized carbons (Fsp3) is 0.750. The van der Waals surface area contributed by atoms with Gasteiger partial charge in [0.15, 0.2) is 0 Å². The minimum Gasteiger partial charge on any atom is -0.351 e. The zero-order chi connectivity index (χ0) is 25.3. The summed E-state index contributed by atoms with van der Waals surface area (Å²) in [5, 5.41) is 0. The highest BCUT2D eigenvalue weighted by atomic mass is 16.7. The van der Waals surface area contributed by atoms with Gasteiger partial charge in [0.2, 0.25) is 0 Å². The van der Waals surface area contributed by atoms with Gasteiger partial charge in [-0.15, -0.1) is 0 Å². The Labute approximate surface area is 219 Å². The van der Waals surface area contributed by atoms with Gasteiger partial charge in [-0.05, 0) is 25.7 Å².